The summed E-state index contributed by atoms with van der Waals surface area (Å²) >= 11 is 5.65. The van der Waals surface area contributed by atoms with Crippen molar-refractivity contribution >= 4 is 23.2 Å². The zero-order chi connectivity index (χ0) is 14.7. The van der Waals surface area contributed by atoms with Gasteiger partial charge in [-0.2, -0.15) is 0 Å². The third-order valence-corrected chi connectivity index (χ3v) is 3.05. The summed E-state index contributed by atoms with van der Waals surface area (Å²) in [5.41, 5.74) is 1.86. The molecule has 5 nitrogen and oxygen atoms in total. The predicted octanol–water partition coefficient (Wildman–Crippen LogP) is 3.17. The van der Waals surface area contributed by atoms with E-state index in [4.69, 9.17) is 11.6 Å². The molecule has 0 bridgehead atoms. The van der Waals surface area contributed by atoms with E-state index in [0.29, 0.717) is 5.69 Å². The lowest BCUT2D eigenvalue weighted by Crippen LogP contribution is -2.14. The first-order valence-electron chi connectivity index (χ1n) is 6.25. The van der Waals surface area contributed by atoms with E-state index in [1.54, 1.807) is 0 Å². The van der Waals surface area contributed by atoms with Crippen LogP contribution in [0.15, 0.2) is 61.2 Å². The van der Waals surface area contributed by atoms with E-state index in [-0.39, 0.29) is 16.8 Å². The number of carbonyl (C=O) groups excluding carboxylic acids is 1. The van der Waals surface area contributed by atoms with Crippen LogP contribution in [0.5, 0.6) is 0 Å². The van der Waals surface area contributed by atoms with Gasteiger partial charge in [-0.15, -0.1) is 0 Å². The van der Waals surface area contributed by atoms with Gasteiger partial charge in [0, 0.05) is 23.8 Å². The third kappa shape index (κ3) is 3.09. The van der Waals surface area contributed by atoms with Crippen LogP contribution < -0.4 is 5.32 Å². The molecule has 1 amide bonds. The molecule has 0 aliphatic rings. The van der Waals surface area contributed by atoms with Crippen molar-refractivity contribution in [2.75, 3.05) is 5.32 Å². The molecule has 0 aliphatic heterocycles. The highest BCUT2D eigenvalue weighted by Crippen LogP contribution is 2.15. The first-order chi connectivity index (χ1) is 10.2. The Balaban J connectivity index is 1.80. The fourth-order valence-electron chi connectivity index (χ4n) is 1.88. The van der Waals surface area contributed by atoms with Crippen molar-refractivity contribution in [2.45, 2.75) is 0 Å². The second-order valence-corrected chi connectivity index (χ2v) is 4.71. The van der Waals surface area contributed by atoms with Crippen LogP contribution in [-0.2, 0) is 0 Å². The Morgan fingerprint density at radius 2 is 1.90 bits per heavy atom. The summed E-state index contributed by atoms with van der Waals surface area (Å²) in [7, 11) is 0. The largest absolute Gasteiger partial charge is 0.324 e. The normalized spacial score (nSPS) is 10.3. The van der Waals surface area contributed by atoms with Crippen molar-refractivity contribution in [1.29, 1.82) is 0 Å². The summed E-state index contributed by atoms with van der Waals surface area (Å²) in [5.74, 6) is -0.330. The molecular formula is C15H11ClN4O. The standard InChI is InChI=1S/C15H11ClN4O/c16-14-10-17-13(9-18-14)15(21)19-11-4-3-5-12(8-11)20-6-1-2-7-20/h1-10H,(H,19,21). The number of halogens is 1. The van der Waals surface area contributed by atoms with Crippen LogP contribution in [0.2, 0.25) is 5.15 Å². The Kier molecular flexibility index (Phi) is 3.66. The highest BCUT2D eigenvalue weighted by atomic mass is 35.5. The lowest BCUT2D eigenvalue weighted by atomic mass is 10.2. The maximum absolute atomic E-state index is 12.1. The molecule has 0 unspecified atom stereocenters. The third-order valence-electron chi connectivity index (χ3n) is 2.86. The lowest BCUT2D eigenvalue weighted by molar-refractivity contribution is 0.102. The number of aromatic nitrogens is 3. The van der Waals surface area contributed by atoms with Gasteiger partial charge in [-0.05, 0) is 30.3 Å². The summed E-state index contributed by atoms with van der Waals surface area (Å²) in [6, 6.07) is 11.4. The van der Waals surface area contributed by atoms with Gasteiger partial charge < -0.3 is 9.88 Å². The van der Waals surface area contributed by atoms with Gasteiger partial charge in [-0.3, -0.25) is 4.79 Å². The van der Waals surface area contributed by atoms with Gasteiger partial charge >= 0.3 is 0 Å². The van der Waals surface area contributed by atoms with Crippen molar-refractivity contribution in [1.82, 2.24) is 14.5 Å². The zero-order valence-electron chi connectivity index (χ0n) is 10.9. The van der Waals surface area contributed by atoms with Crippen LogP contribution in [0.1, 0.15) is 10.5 Å². The minimum atomic E-state index is -0.330. The van der Waals surface area contributed by atoms with Gasteiger partial charge in [0.2, 0.25) is 0 Å². The van der Waals surface area contributed by atoms with E-state index in [0.717, 1.165) is 5.69 Å². The lowest BCUT2D eigenvalue weighted by Gasteiger charge is -2.08. The number of carbonyl (C=O) groups is 1. The van der Waals surface area contributed by atoms with Crippen molar-refractivity contribution in [2.24, 2.45) is 0 Å². The highest BCUT2D eigenvalue weighted by Gasteiger charge is 2.08. The molecule has 0 aliphatic carbocycles. The second-order valence-electron chi connectivity index (χ2n) is 4.32. The Labute approximate surface area is 126 Å². The Bertz CT molecular complexity index is 754. The average molecular weight is 299 g/mol. The molecule has 0 saturated carbocycles. The quantitative estimate of drug-likeness (QED) is 0.808. The van der Waals surface area contributed by atoms with Crippen LogP contribution in [0.3, 0.4) is 0 Å². The Morgan fingerprint density at radius 1 is 1.10 bits per heavy atom. The molecule has 3 rings (SSSR count). The fourth-order valence-corrected chi connectivity index (χ4v) is 1.97. The van der Waals surface area contributed by atoms with E-state index in [1.807, 2.05) is 53.4 Å². The van der Waals surface area contributed by atoms with Gasteiger partial charge in [0.1, 0.15) is 10.8 Å². The van der Waals surface area contributed by atoms with Crippen LogP contribution >= 0.6 is 11.6 Å². The molecule has 0 atom stereocenters. The van der Waals surface area contributed by atoms with E-state index in [2.05, 4.69) is 15.3 Å². The number of nitrogens with one attached hydrogen (secondary N) is 1. The Morgan fingerprint density at radius 3 is 2.62 bits per heavy atom. The monoisotopic (exact) mass is 298 g/mol. The van der Waals surface area contributed by atoms with Crippen LogP contribution in [0.4, 0.5) is 5.69 Å². The molecule has 0 spiro atoms. The first kappa shape index (κ1) is 13.3. The number of rotatable bonds is 3. The molecule has 2 heterocycles. The van der Waals surface area contributed by atoms with E-state index >= 15 is 0 Å². The summed E-state index contributed by atoms with van der Waals surface area (Å²) in [6.07, 6.45) is 6.55. The first-order valence-corrected chi connectivity index (χ1v) is 6.62. The fraction of sp³-hybridized carbons (Fsp3) is 0. The molecule has 0 fully saturated rings. The van der Waals surface area contributed by atoms with Gasteiger partial charge in [-0.1, -0.05) is 17.7 Å². The molecule has 2 aromatic heterocycles. The number of hydrogen-bond acceptors (Lipinski definition) is 3. The van der Waals surface area contributed by atoms with E-state index < -0.39 is 0 Å². The molecule has 6 heteroatoms. The molecule has 3 aromatic rings. The second kappa shape index (κ2) is 5.76. The number of anilines is 1. The van der Waals surface area contributed by atoms with Crippen molar-refractivity contribution in [3.8, 4) is 5.69 Å². The number of nitrogens with zero attached hydrogens (tertiary/aromatic N) is 3. The zero-order valence-corrected chi connectivity index (χ0v) is 11.7. The minimum absolute atomic E-state index is 0.214. The molecule has 1 aromatic carbocycles. The number of amides is 1. The molecule has 0 saturated heterocycles. The summed E-state index contributed by atoms with van der Waals surface area (Å²) in [5, 5.41) is 3.03. The van der Waals surface area contributed by atoms with Crippen LogP contribution in [0, 0.1) is 0 Å². The van der Waals surface area contributed by atoms with Crippen LogP contribution in [0.25, 0.3) is 5.69 Å². The summed E-state index contributed by atoms with van der Waals surface area (Å²) in [6.45, 7) is 0. The van der Waals surface area contributed by atoms with Gasteiger partial charge in [0.15, 0.2) is 0 Å². The molecule has 104 valence electrons. The van der Waals surface area contributed by atoms with E-state index in [1.165, 1.54) is 12.4 Å². The molecule has 1 N–H and O–H groups in total. The Hall–Kier alpha value is -2.66. The van der Waals surface area contributed by atoms with Gasteiger partial charge in [0.05, 0.1) is 12.4 Å². The smallest absolute Gasteiger partial charge is 0.275 e. The summed E-state index contributed by atoms with van der Waals surface area (Å²) in [4.78, 5) is 19.8. The molecule has 21 heavy (non-hydrogen) atoms. The number of hydrogen-bond donors (Lipinski definition) is 1. The van der Waals surface area contributed by atoms with Crippen molar-refractivity contribution in [3.05, 3.63) is 72.0 Å². The maximum atomic E-state index is 12.1. The molecule has 0 radical (unpaired) electrons. The van der Waals surface area contributed by atoms with Crippen molar-refractivity contribution in [3.63, 3.8) is 0 Å². The predicted molar refractivity (Wildman–Crippen MR) is 80.8 cm³/mol. The maximum Gasteiger partial charge on any atom is 0.275 e. The van der Waals surface area contributed by atoms with Crippen molar-refractivity contribution < 1.29 is 4.79 Å². The van der Waals surface area contributed by atoms with Gasteiger partial charge in [0.25, 0.3) is 5.91 Å². The highest BCUT2D eigenvalue weighted by molar-refractivity contribution is 6.29. The van der Waals surface area contributed by atoms with Crippen LogP contribution in [-0.4, -0.2) is 20.4 Å². The molecular weight excluding hydrogens is 288 g/mol. The SMILES string of the molecule is O=C(Nc1cccc(-n2cccc2)c1)c1cnc(Cl)cn1. The van der Waals surface area contributed by atoms with Gasteiger partial charge in [-0.25, -0.2) is 9.97 Å². The average Bonchev–Trinajstić information content (AvgIpc) is 3.02. The minimum Gasteiger partial charge on any atom is -0.324 e. The number of benzene rings is 1. The topological polar surface area (TPSA) is 59.8 Å². The summed E-state index contributed by atoms with van der Waals surface area (Å²) < 4.78 is 1.96. The van der Waals surface area contributed by atoms with E-state index in [9.17, 15) is 4.79 Å².